The Kier molecular flexibility index (Phi) is 5.16. The third kappa shape index (κ3) is 4.09. The molecule has 1 aliphatic heterocycles. The molecule has 0 atom stereocenters. The molecule has 3 aromatic rings. The fourth-order valence-corrected chi connectivity index (χ4v) is 3.20. The van der Waals surface area contributed by atoms with E-state index in [1.165, 1.54) is 16.8 Å². The van der Waals surface area contributed by atoms with Gasteiger partial charge in [0.1, 0.15) is 12.4 Å². The predicted octanol–water partition coefficient (Wildman–Crippen LogP) is 1.62. The molecule has 0 N–H and O–H groups in total. The minimum absolute atomic E-state index is 0.0597. The predicted molar refractivity (Wildman–Crippen MR) is 102 cm³/mol. The smallest absolute Gasteiger partial charge is 0.269 e. The molecule has 1 fully saturated rings. The Morgan fingerprint density at radius 1 is 1.14 bits per heavy atom. The summed E-state index contributed by atoms with van der Waals surface area (Å²) in [5.41, 5.74) is 1.07. The summed E-state index contributed by atoms with van der Waals surface area (Å²) in [5, 5.41) is 12.1. The largest absolute Gasteiger partial charge is 0.419 e. The summed E-state index contributed by atoms with van der Waals surface area (Å²) in [6, 6.07) is 7.49. The van der Waals surface area contributed by atoms with Crippen molar-refractivity contribution in [2.24, 2.45) is 0 Å². The number of aromatic nitrogens is 4. The van der Waals surface area contributed by atoms with Crippen molar-refractivity contribution in [3.05, 3.63) is 58.6 Å². The number of rotatable bonds is 4. The zero-order valence-electron chi connectivity index (χ0n) is 15.6. The van der Waals surface area contributed by atoms with Gasteiger partial charge in [-0.05, 0) is 38.2 Å². The molecule has 0 unspecified atom stereocenters. The summed E-state index contributed by atoms with van der Waals surface area (Å²) in [6.07, 6.45) is 2.74. The van der Waals surface area contributed by atoms with Gasteiger partial charge in [0.15, 0.2) is 0 Å². The van der Waals surface area contributed by atoms with Crippen LogP contribution in [0.1, 0.15) is 12.3 Å². The normalized spacial score (nSPS) is 15.6. The summed E-state index contributed by atoms with van der Waals surface area (Å²) in [6.45, 7) is 3.82. The number of hydrogen-bond donors (Lipinski definition) is 0. The van der Waals surface area contributed by atoms with Crippen LogP contribution in [0.15, 0.2) is 45.7 Å². The Hall–Kier alpha value is -3.07. The number of likely N-dealkylation sites (N-methyl/N-ethyl adjacent to an activating group) is 1. The average molecular weight is 384 g/mol. The molecule has 1 aromatic carbocycles. The standard InChI is InChI=1S/C19H21FN6O2/c1-24-6-3-7-25(9-8-24)16-11-18(27)26(21-12-16)13-17-22-23-19(28-17)14-4-2-5-15(20)10-14/h2,4-5,10-12H,3,6-9,13H2,1H3. The lowest BCUT2D eigenvalue weighted by Gasteiger charge is -2.22. The van der Waals surface area contributed by atoms with E-state index >= 15 is 0 Å². The number of anilines is 1. The lowest BCUT2D eigenvalue weighted by atomic mass is 10.2. The molecule has 4 rings (SSSR count). The van der Waals surface area contributed by atoms with Crippen molar-refractivity contribution in [2.75, 3.05) is 38.1 Å². The van der Waals surface area contributed by atoms with E-state index in [1.807, 2.05) is 0 Å². The summed E-state index contributed by atoms with van der Waals surface area (Å²) >= 11 is 0. The number of halogens is 1. The van der Waals surface area contributed by atoms with Crippen molar-refractivity contribution in [1.82, 2.24) is 24.9 Å². The van der Waals surface area contributed by atoms with E-state index in [2.05, 4.69) is 32.1 Å². The maximum absolute atomic E-state index is 13.3. The molecule has 0 amide bonds. The summed E-state index contributed by atoms with van der Waals surface area (Å²) < 4.78 is 20.2. The third-order valence-electron chi connectivity index (χ3n) is 4.76. The number of benzene rings is 1. The minimum Gasteiger partial charge on any atom is -0.419 e. The SMILES string of the molecule is CN1CCCN(c2cnn(Cc3nnc(-c4cccc(F)c4)o3)c(=O)c2)CC1. The topological polar surface area (TPSA) is 80.3 Å². The molecule has 0 radical (unpaired) electrons. The quantitative estimate of drug-likeness (QED) is 0.676. The molecule has 1 aliphatic rings. The maximum Gasteiger partial charge on any atom is 0.269 e. The zero-order chi connectivity index (χ0) is 19.5. The van der Waals surface area contributed by atoms with E-state index in [0.29, 0.717) is 5.56 Å². The molecule has 28 heavy (non-hydrogen) atoms. The van der Waals surface area contributed by atoms with E-state index < -0.39 is 0 Å². The molecule has 0 saturated carbocycles. The Balaban J connectivity index is 1.49. The van der Waals surface area contributed by atoms with Crippen LogP contribution in [0.2, 0.25) is 0 Å². The van der Waals surface area contributed by atoms with Gasteiger partial charge >= 0.3 is 0 Å². The van der Waals surface area contributed by atoms with E-state index in [-0.39, 0.29) is 29.7 Å². The molecule has 8 nitrogen and oxygen atoms in total. The van der Waals surface area contributed by atoms with Crippen LogP contribution in [0.25, 0.3) is 11.5 Å². The van der Waals surface area contributed by atoms with E-state index in [9.17, 15) is 9.18 Å². The fourth-order valence-electron chi connectivity index (χ4n) is 3.20. The van der Waals surface area contributed by atoms with E-state index in [4.69, 9.17) is 4.42 Å². The van der Waals surface area contributed by atoms with Crippen LogP contribution in [0, 0.1) is 5.82 Å². The van der Waals surface area contributed by atoms with Gasteiger partial charge < -0.3 is 14.2 Å². The molecule has 1 saturated heterocycles. The van der Waals surface area contributed by atoms with Crippen molar-refractivity contribution in [2.45, 2.75) is 13.0 Å². The Morgan fingerprint density at radius 3 is 2.86 bits per heavy atom. The summed E-state index contributed by atoms with van der Waals surface area (Å²) in [5.74, 6) is 0.0521. The highest BCUT2D eigenvalue weighted by Crippen LogP contribution is 2.19. The molecule has 0 bridgehead atoms. The molecular weight excluding hydrogens is 363 g/mol. The van der Waals surface area contributed by atoms with Crippen molar-refractivity contribution in [3.63, 3.8) is 0 Å². The van der Waals surface area contributed by atoms with Gasteiger partial charge in [-0.3, -0.25) is 4.79 Å². The fraction of sp³-hybridized carbons (Fsp3) is 0.368. The van der Waals surface area contributed by atoms with Crippen LogP contribution < -0.4 is 10.5 Å². The number of nitrogens with zero attached hydrogens (tertiary/aromatic N) is 6. The van der Waals surface area contributed by atoms with Gasteiger partial charge in [0.2, 0.25) is 11.8 Å². The minimum atomic E-state index is -0.384. The second-order valence-corrected chi connectivity index (χ2v) is 6.86. The first-order valence-electron chi connectivity index (χ1n) is 9.17. The first-order valence-corrected chi connectivity index (χ1v) is 9.17. The highest BCUT2D eigenvalue weighted by molar-refractivity contribution is 5.52. The molecule has 0 aliphatic carbocycles. The lowest BCUT2D eigenvalue weighted by Crippen LogP contribution is -2.31. The zero-order valence-corrected chi connectivity index (χ0v) is 15.6. The average Bonchev–Trinajstić information content (AvgIpc) is 3.04. The van der Waals surface area contributed by atoms with Crippen molar-refractivity contribution >= 4 is 5.69 Å². The van der Waals surface area contributed by atoms with Crippen molar-refractivity contribution in [1.29, 1.82) is 0 Å². The van der Waals surface area contributed by atoms with Crippen molar-refractivity contribution < 1.29 is 8.81 Å². The van der Waals surface area contributed by atoms with Gasteiger partial charge in [-0.15, -0.1) is 10.2 Å². The summed E-state index contributed by atoms with van der Waals surface area (Å²) in [4.78, 5) is 16.9. The molecule has 146 valence electrons. The highest BCUT2D eigenvalue weighted by Gasteiger charge is 2.15. The van der Waals surface area contributed by atoms with Gasteiger partial charge in [0.05, 0.1) is 11.9 Å². The van der Waals surface area contributed by atoms with E-state index in [0.717, 1.165) is 38.3 Å². The Morgan fingerprint density at radius 2 is 2.04 bits per heavy atom. The second kappa shape index (κ2) is 7.89. The van der Waals surface area contributed by atoms with Crippen LogP contribution in [-0.4, -0.2) is 58.1 Å². The Bertz CT molecular complexity index is 1020. The van der Waals surface area contributed by atoms with Gasteiger partial charge in [-0.1, -0.05) is 6.07 Å². The molecule has 3 heterocycles. The first kappa shape index (κ1) is 18.3. The molecule has 2 aromatic heterocycles. The van der Waals surface area contributed by atoms with Crippen LogP contribution in [0.4, 0.5) is 10.1 Å². The Labute approximate surface area is 161 Å². The second-order valence-electron chi connectivity index (χ2n) is 6.86. The van der Waals surface area contributed by atoms with Gasteiger partial charge in [0, 0.05) is 31.3 Å². The van der Waals surface area contributed by atoms with Gasteiger partial charge in [-0.25, -0.2) is 9.07 Å². The lowest BCUT2D eigenvalue weighted by molar-refractivity contribution is 0.360. The summed E-state index contributed by atoms with van der Waals surface area (Å²) in [7, 11) is 2.10. The van der Waals surface area contributed by atoms with Crippen LogP contribution in [0.5, 0.6) is 0 Å². The molecule has 0 spiro atoms. The van der Waals surface area contributed by atoms with Crippen LogP contribution in [-0.2, 0) is 6.54 Å². The first-order chi connectivity index (χ1) is 13.6. The third-order valence-corrected chi connectivity index (χ3v) is 4.76. The molecular formula is C19H21FN6O2. The van der Waals surface area contributed by atoms with Crippen molar-refractivity contribution in [3.8, 4) is 11.5 Å². The molecule has 9 heteroatoms. The van der Waals surface area contributed by atoms with Gasteiger partial charge in [0.25, 0.3) is 5.56 Å². The van der Waals surface area contributed by atoms with Crippen LogP contribution in [0.3, 0.4) is 0 Å². The number of hydrogen-bond acceptors (Lipinski definition) is 7. The van der Waals surface area contributed by atoms with Gasteiger partial charge in [-0.2, -0.15) is 5.10 Å². The van der Waals surface area contributed by atoms with Crippen LogP contribution >= 0.6 is 0 Å². The monoisotopic (exact) mass is 384 g/mol. The van der Waals surface area contributed by atoms with E-state index in [1.54, 1.807) is 24.4 Å². The maximum atomic E-state index is 13.3. The highest BCUT2D eigenvalue weighted by atomic mass is 19.1.